The van der Waals surface area contributed by atoms with Crippen molar-refractivity contribution in [3.63, 3.8) is 0 Å². The molecule has 1 aliphatic heterocycles. The molecule has 0 saturated heterocycles. The Bertz CT molecular complexity index is 1120. The maximum atomic E-state index is 11.2. The number of fused-ring (bicyclic) bond motifs is 1. The van der Waals surface area contributed by atoms with Crippen LogP contribution in [0.15, 0.2) is 41.1 Å². The van der Waals surface area contributed by atoms with Crippen LogP contribution >= 0.6 is 7.82 Å². The molecule has 3 aromatic rings. The van der Waals surface area contributed by atoms with Gasteiger partial charge in [0.1, 0.15) is 19.3 Å². The van der Waals surface area contributed by atoms with Crippen molar-refractivity contribution < 1.29 is 101 Å². The summed E-state index contributed by atoms with van der Waals surface area (Å²) < 4.78 is 42.4. The van der Waals surface area contributed by atoms with Gasteiger partial charge in [0, 0.05) is 17.2 Å². The van der Waals surface area contributed by atoms with Crippen LogP contribution in [0.5, 0.6) is 28.7 Å². The quantitative estimate of drug-likeness (QED) is 0.262. The van der Waals surface area contributed by atoms with Gasteiger partial charge in [0.15, 0.2) is 17.3 Å². The van der Waals surface area contributed by atoms with Crippen LogP contribution in [-0.2, 0) is 4.57 Å². The topological polar surface area (TPSA) is 135 Å². The van der Waals surface area contributed by atoms with E-state index in [1.54, 1.807) is 18.2 Å². The van der Waals surface area contributed by atoms with Crippen LogP contribution in [0.2, 0.25) is 0 Å². The Balaban J connectivity index is 0.00000171. The number of methoxy groups -OCH3 is 2. The monoisotopic (exact) mass is 465 g/mol. The summed E-state index contributed by atoms with van der Waals surface area (Å²) in [6.07, 6.45) is 1.38. The Morgan fingerprint density at radius 2 is 1.77 bits per heavy atom. The number of ether oxygens (including phenoxy) is 4. The van der Waals surface area contributed by atoms with Crippen molar-refractivity contribution in [2.24, 2.45) is 0 Å². The Morgan fingerprint density at radius 1 is 1.00 bits per heavy atom. The number of phosphoric ester groups is 1. The van der Waals surface area contributed by atoms with E-state index < -0.39 is 7.82 Å². The Labute approximate surface area is 221 Å². The van der Waals surface area contributed by atoms with E-state index in [-0.39, 0.29) is 83.0 Å². The van der Waals surface area contributed by atoms with E-state index in [2.05, 4.69) is 9.68 Å². The summed E-state index contributed by atoms with van der Waals surface area (Å²) in [5.41, 5.74) is 1.19. The van der Waals surface area contributed by atoms with Crippen molar-refractivity contribution in [2.75, 3.05) is 21.0 Å². The first-order valence-electron chi connectivity index (χ1n) is 8.22. The molecule has 0 bridgehead atoms. The van der Waals surface area contributed by atoms with Gasteiger partial charge in [-0.15, -0.1) is 0 Å². The summed E-state index contributed by atoms with van der Waals surface area (Å²) in [4.78, 5) is 22.4. The summed E-state index contributed by atoms with van der Waals surface area (Å²) in [6, 6.07) is 7.73. The molecule has 0 atom stereocenters. The molecule has 2 aromatic carbocycles. The van der Waals surface area contributed by atoms with Crippen molar-refractivity contribution in [1.82, 2.24) is 5.16 Å². The van der Waals surface area contributed by atoms with E-state index in [1.165, 1.54) is 32.5 Å². The standard InChI is InChI=1S/C18H16NO9P.2Na/c1-23-11-3-4-12(14(7-11)28-29(20,21)22)13-8-19-27-17(13)10-5-15(24-2)18-16(6-10)25-9-26-18;;/h3-8H,9H2,1-2H3,(H2,20,21,22);;/q;2*+1/p-2. The zero-order chi connectivity index (χ0) is 20.6. The zero-order valence-corrected chi connectivity index (χ0v) is 22.1. The van der Waals surface area contributed by atoms with Gasteiger partial charge in [0.25, 0.3) is 0 Å². The molecule has 0 aliphatic carbocycles. The smallest absolute Gasteiger partial charge is 0.780 e. The molecular weight excluding hydrogens is 451 g/mol. The summed E-state index contributed by atoms with van der Waals surface area (Å²) in [6.45, 7) is 0.0527. The second-order valence-corrected chi connectivity index (χ2v) is 6.96. The molecule has 0 N–H and O–H groups in total. The van der Waals surface area contributed by atoms with E-state index in [1.807, 2.05) is 0 Å². The molecule has 0 fully saturated rings. The van der Waals surface area contributed by atoms with Crippen LogP contribution in [0.1, 0.15) is 0 Å². The fourth-order valence-corrected chi connectivity index (χ4v) is 3.34. The van der Waals surface area contributed by atoms with Crippen LogP contribution in [0.4, 0.5) is 0 Å². The van der Waals surface area contributed by atoms with Crippen LogP contribution in [0, 0.1) is 0 Å². The van der Waals surface area contributed by atoms with Gasteiger partial charge < -0.3 is 42.3 Å². The van der Waals surface area contributed by atoms with Gasteiger partial charge in [0.05, 0.1) is 26.0 Å². The minimum atomic E-state index is -5.32. The average Bonchev–Trinajstić information content (AvgIpc) is 3.35. The number of hydrogen-bond acceptors (Lipinski definition) is 10. The van der Waals surface area contributed by atoms with Crippen LogP contribution in [-0.4, -0.2) is 26.2 Å². The largest absolute Gasteiger partial charge is 1.00 e. The molecule has 0 unspecified atom stereocenters. The summed E-state index contributed by atoms with van der Waals surface area (Å²) in [5, 5.41) is 3.80. The Kier molecular flexibility index (Phi) is 8.92. The van der Waals surface area contributed by atoms with Crippen molar-refractivity contribution in [3.05, 3.63) is 36.5 Å². The summed E-state index contributed by atoms with van der Waals surface area (Å²) >= 11 is 0. The van der Waals surface area contributed by atoms with Crippen molar-refractivity contribution in [2.45, 2.75) is 0 Å². The van der Waals surface area contributed by atoms with E-state index >= 15 is 0 Å². The third-order valence-electron chi connectivity index (χ3n) is 4.18. The molecule has 31 heavy (non-hydrogen) atoms. The summed E-state index contributed by atoms with van der Waals surface area (Å²) in [7, 11) is -2.44. The molecule has 0 amide bonds. The number of benzene rings is 2. The fraction of sp³-hybridized carbons (Fsp3) is 0.167. The molecule has 0 radical (unpaired) electrons. The normalized spacial score (nSPS) is 11.9. The SMILES string of the molecule is COc1ccc(-c2cnoc2-c2cc(OC)c3c(c2)OCO3)c(OP(=O)([O-])[O-])c1.[Na+].[Na+]. The number of aromatic nitrogens is 1. The van der Waals surface area contributed by atoms with Crippen molar-refractivity contribution >= 4 is 7.82 Å². The third kappa shape index (κ3) is 5.60. The maximum absolute atomic E-state index is 11.2. The first-order chi connectivity index (χ1) is 13.9. The predicted molar refractivity (Wildman–Crippen MR) is 94.8 cm³/mol. The predicted octanol–water partition coefficient (Wildman–Crippen LogP) is -4.03. The number of rotatable bonds is 6. The second-order valence-electron chi connectivity index (χ2n) is 5.88. The molecule has 0 spiro atoms. The van der Waals surface area contributed by atoms with Crippen LogP contribution in [0.25, 0.3) is 22.5 Å². The second kappa shape index (κ2) is 10.6. The third-order valence-corrected chi connectivity index (χ3v) is 4.60. The molecule has 10 nitrogen and oxygen atoms in total. The van der Waals surface area contributed by atoms with Gasteiger partial charge in [-0.2, -0.15) is 0 Å². The zero-order valence-electron chi connectivity index (χ0n) is 17.2. The van der Waals surface area contributed by atoms with E-state index in [0.29, 0.717) is 34.1 Å². The van der Waals surface area contributed by atoms with Crippen LogP contribution in [0.3, 0.4) is 0 Å². The molecule has 0 saturated carbocycles. The maximum Gasteiger partial charge on any atom is 1.00 e. The van der Waals surface area contributed by atoms with Gasteiger partial charge in [0.2, 0.25) is 12.5 Å². The molecule has 1 aromatic heterocycles. The van der Waals surface area contributed by atoms with Gasteiger partial charge in [-0.25, -0.2) is 0 Å². The van der Waals surface area contributed by atoms with E-state index in [4.69, 9.17) is 23.5 Å². The minimum absolute atomic E-state index is 0. The number of phosphoric acid groups is 1. The molecule has 4 rings (SSSR count). The minimum Gasteiger partial charge on any atom is -0.780 e. The van der Waals surface area contributed by atoms with Crippen molar-refractivity contribution in [1.29, 1.82) is 0 Å². The van der Waals surface area contributed by atoms with Gasteiger partial charge in [-0.1, -0.05) is 5.16 Å². The molecular formula is C18H14NNa2O9P. The molecule has 1 aliphatic rings. The first kappa shape index (κ1) is 26.1. The van der Waals surface area contributed by atoms with Crippen molar-refractivity contribution in [3.8, 4) is 51.2 Å². The van der Waals surface area contributed by atoms with Crippen LogP contribution < -0.4 is 92.4 Å². The van der Waals surface area contributed by atoms with Gasteiger partial charge in [-0.3, -0.25) is 0 Å². The average molecular weight is 465 g/mol. The number of hydrogen-bond donors (Lipinski definition) is 0. The Hall–Kier alpha value is -1.20. The molecule has 152 valence electrons. The number of nitrogens with zero attached hydrogens (tertiary/aromatic N) is 1. The van der Waals surface area contributed by atoms with Gasteiger partial charge >= 0.3 is 59.1 Å². The van der Waals surface area contributed by atoms with E-state index in [0.717, 1.165) is 0 Å². The summed E-state index contributed by atoms with van der Waals surface area (Å²) in [5.74, 6) is 1.71. The van der Waals surface area contributed by atoms with Gasteiger partial charge in [-0.05, 0) is 24.3 Å². The fourth-order valence-electron chi connectivity index (χ4n) is 2.95. The first-order valence-corrected chi connectivity index (χ1v) is 9.68. The van der Waals surface area contributed by atoms with E-state index in [9.17, 15) is 14.4 Å². The molecule has 2 heterocycles. The Morgan fingerprint density at radius 3 is 2.45 bits per heavy atom. The molecule has 13 heteroatoms.